The highest BCUT2D eigenvalue weighted by Crippen LogP contribution is 2.04. The van der Waals surface area contributed by atoms with Crippen molar-refractivity contribution in [2.24, 2.45) is 5.73 Å². The number of nitrogens with one attached hydrogen (secondary N) is 1. The van der Waals surface area contributed by atoms with E-state index in [4.69, 9.17) is 18.0 Å². The van der Waals surface area contributed by atoms with Gasteiger partial charge in [0, 0.05) is 13.0 Å². The van der Waals surface area contributed by atoms with Crippen molar-refractivity contribution >= 4 is 27.2 Å². The maximum Gasteiger partial charge on any atom is 0.221 e. The van der Waals surface area contributed by atoms with E-state index >= 15 is 0 Å². The first-order valence-electron chi connectivity index (χ1n) is 5.00. The molecule has 0 aliphatic rings. The van der Waals surface area contributed by atoms with E-state index in [0.29, 0.717) is 18.7 Å². The van der Waals surface area contributed by atoms with E-state index in [2.05, 4.69) is 19.4 Å². The average Bonchev–Trinajstić information content (AvgIpc) is 2.69. The minimum absolute atomic E-state index is 0.0282. The fraction of sp³-hybridized carbons (Fsp3) is 0.625. The minimum Gasteiger partial charge on any atom is -0.392 e. The molecule has 7 nitrogen and oxygen atoms in total. The van der Waals surface area contributed by atoms with Crippen LogP contribution in [-0.2, 0) is 16.4 Å². The third-order valence-electron chi connectivity index (χ3n) is 2.12. The highest BCUT2D eigenvalue weighted by molar-refractivity contribution is 7.93. The topological polar surface area (TPSA) is 111 Å². The Hall–Kier alpha value is -1.06. The number of hydrogen-bond donors (Lipinski definition) is 2. The molecule has 0 bridgehead atoms. The second-order valence-corrected chi connectivity index (χ2v) is 5.76. The first kappa shape index (κ1) is 14.0. The van der Waals surface area contributed by atoms with Crippen LogP contribution < -0.4 is 10.5 Å². The molecular formula is C8H14N4O3S2. The summed E-state index contributed by atoms with van der Waals surface area (Å²) in [5.74, 6) is 0.441. The van der Waals surface area contributed by atoms with Gasteiger partial charge in [-0.05, 0) is 6.42 Å². The lowest BCUT2D eigenvalue weighted by molar-refractivity contribution is 0.409. The third-order valence-corrected chi connectivity index (χ3v) is 4.50. The molecule has 0 aliphatic carbocycles. The van der Waals surface area contributed by atoms with E-state index in [1.54, 1.807) is 6.92 Å². The summed E-state index contributed by atoms with van der Waals surface area (Å²) >= 11 is 4.71. The molecule has 0 aromatic carbocycles. The number of sulfonamides is 1. The summed E-state index contributed by atoms with van der Waals surface area (Å²) in [6, 6.07) is 0. The van der Waals surface area contributed by atoms with Gasteiger partial charge < -0.3 is 10.3 Å². The van der Waals surface area contributed by atoms with Crippen molar-refractivity contribution in [3.8, 4) is 0 Å². The molecule has 9 heteroatoms. The zero-order valence-electron chi connectivity index (χ0n) is 9.29. The highest BCUT2D eigenvalue weighted by Gasteiger charge is 2.25. The van der Waals surface area contributed by atoms with Gasteiger partial charge in [0.25, 0.3) is 0 Å². The maximum absolute atomic E-state index is 11.8. The molecule has 0 saturated heterocycles. The summed E-state index contributed by atoms with van der Waals surface area (Å²) in [4.78, 5) is 3.74. The number of aromatic nitrogens is 2. The molecule has 0 radical (unpaired) electrons. The Morgan fingerprint density at radius 3 is 2.88 bits per heavy atom. The zero-order chi connectivity index (χ0) is 12.9. The Morgan fingerprint density at radius 2 is 2.41 bits per heavy atom. The van der Waals surface area contributed by atoms with Crippen LogP contribution in [0.3, 0.4) is 0 Å². The van der Waals surface area contributed by atoms with Crippen molar-refractivity contribution in [3.63, 3.8) is 0 Å². The van der Waals surface area contributed by atoms with Crippen molar-refractivity contribution in [2.75, 3.05) is 6.54 Å². The van der Waals surface area contributed by atoms with Crippen molar-refractivity contribution in [1.82, 2.24) is 14.9 Å². The highest BCUT2D eigenvalue weighted by atomic mass is 32.2. The normalized spacial score (nSPS) is 13.5. The van der Waals surface area contributed by atoms with E-state index in [9.17, 15) is 8.42 Å². The van der Waals surface area contributed by atoms with Gasteiger partial charge in [0.05, 0.1) is 4.99 Å². The van der Waals surface area contributed by atoms with Crippen LogP contribution in [0.1, 0.15) is 19.2 Å². The van der Waals surface area contributed by atoms with Crippen LogP contribution in [0.4, 0.5) is 0 Å². The summed E-state index contributed by atoms with van der Waals surface area (Å²) in [5.41, 5.74) is 5.37. The number of hydrogen-bond acceptors (Lipinski definition) is 6. The Morgan fingerprint density at radius 1 is 1.71 bits per heavy atom. The van der Waals surface area contributed by atoms with E-state index < -0.39 is 15.3 Å². The molecule has 0 aliphatic heterocycles. The van der Waals surface area contributed by atoms with Gasteiger partial charge in [-0.2, -0.15) is 4.98 Å². The molecule has 1 atom stereocenters. The fourth-order valence-electron chi connectivity index (χ4n) is 1.28. The van der Waals surface area contributed by atoms with Gasteiger partial charge in [0.15, 0.2) is 5.82 Å². The molecule has 0 spiro atoms. The van der Waals surface area contributed by atoms with Crippen molar-refractivity contribution in [3.05, 3.63) is 12.2 Å². The minimum atomic E-state index is -3.53. The van der Waals surface area contributed by atoms with Gasteiger partial charge >= 0.3 is 0 Å². The summed E-state index contributed by atoms with van der Waals surface area (Å²) in [6.45, 7) is 1.89. The van der Waals surface area contributed by atoms with Gasteiger partial charge in [-0.15, -0.1) is 0 Å². The molecule has 1 unspecified atom stereocenters. The van der Waals surface area contributed by atoms with Crippen LogP contribution in [0, 0.1) is 0 Å². The molecule has 96 valence electrons. The summed E-state index contributed by atoms with van der Waals surface area (Å²) < 4.78 is 30.5. The smallest absolute Gasteiger partial charge is 0.221 e. The van der Waals surface area contributed by atoms with E-state index in [-0.39, 0.29) is 11.5 Å². The van der Waals surface area contributed by atoms with Crippen molar-refractivity contribution in [2.45, 2.75) is 25.0 Å². The van der Waals surface area contributed by atoms with Gasteiger partial charge in [0.1, 0.15) is 5.25 Å². The van der Waals surface area contributed by atoms with Gasteiger partial charge in [-0.1, -0.05) is 24.3 Å². The molecule has 1 heterocycles. The largest absolute Gasteiger partial charge is 0.392 e. The van der Waals surface area contributed by atoms with E-state index in [1.807, 2.05) is 0 Å². The standard InChI is InChI=1S/C8H14N4O3S2/c1-2-6(8(9)16)17(13,14)11-4-3-7-10-5-15-12-7/h5-6,11H,2-4H2,1H3,(H2,9,16). The Kier molecular flexibility index (Phi) is 4.97. The summed E-state index contributed by atoms with van der Waals surface area (Å²) in [5, 5.41) is 2.72. The second kappa shape index (κ2) is 6.03. The number of nitrogens with zero attached hydrogens (tertiary/aromatic N) is 2. The Bertz CT molecular complexity index is 457. The number of nitrogens with two attached hydrogens (primary N) is 1. The van der Waals surface area contributed by atoms with Gasteiger partial charge in [-0.3, -0.25) is 0 Å². The predicted molar refractivity (Wildman–Crippen MR) is 65.8 cm³/mol. The molecule has 0 saturated carbocycles. The number of rotatable bonds is 7. The maximum atomic E-state index is 11.8. The predicted octanol–water partition coefficient (Wildman–Crippen LogP) is -0.404. The van der Waals surface area contributed by atoms with Crippen LogP contribution in [0.2, 0.25) is 0 Å². The lowest BCUT2D eigenvalue weighted by Crippen LogP contribution is -2.42. The second-order valence-electron chi connectivity index (χ2n) is 3.34. The van der Waals surface area contributed by atoms with Gasteiger partial charge in [-0.25, -0.2) is 13.1 Å². The average molecular weight is 278 g/mol. The van der Waals surface area contributed by atoms with E-state index in [0.717, 1.165) is 0 Å². The fourth-order valence-corrected chi connectivity index (χ4v) is 3.16. The molecule has 1 rings (SSSR count). The van der Waals surface area contributed by atoms with Crippen molar-refractivity contribution in [1.29, 1.82) is 0 Å². The molecule has 3 N–H and O–H groups in total. The molecular weight excluding hydrogens is 264 g/mol. The monoisotopic (exact) mass is 278 g/mol. The number of thiocarbonyl (C=S) groups is 1. The van der Waals surface area contributed by atoms with Crippen LogP contribution in [-0.4, -0.2) is 35.3 Å². The van der Waals surface area contributed by atoms with E-state index in [1.165, 1.54) is 6.39 Å². The van der Waals surface area contributed by atoms with Crippen LogP contribution in [0.5, 0.6) is 0 Å². The van der Waals surface area contributed by atoms with Crippen LogP contribution >= 0.6 is 12.2 Å². The zero-order valence-corrected chi connectivity index (χ0v) is 10.9. The molecule has 0 amide bonds. The lowest BCUT2D eigenvalue weighted by atomic mass is 10.3. The molecule has 1 aromatic heterocycles. The van der Waals surface area contributed by atoms with Crippen LogP contribution in [0.25, 0.3) is 0 Å². The SMILES string of the molecule is CCC(C(N)=S)S(=O)(=O)NCCc1ncon1. The van der Waals surface area contributed by atoms with Crippen molar-refractivity contribution < 1.29 is 12.9 Å². The third kappa shape index (κ3) is 4.02. The first-order valence-corrected chi connectivity index (χ1v) is 6.96. The molecule has 1 aromatic rings. The van der Waals surface area contributed by atoms with Gasteiger partial charge in [0.2, 0.25) is 16.4 Å². The molecule has 17 heavy (non-hydrogen) atoms. The summed E-state index contributed by atoms with van der Waals surface area (Å²) in [7, 11) is -3.53. The van der Waals surface area contributed by atoms with Crippen LogP contribution in [0.15, 0.2) is 10.9 Å². The Balaban J connectivity index is 2.52. The molecule has 0 fully saturated rings. The lowest BCUT2D eigenvalue weighted by Gasteiger charge is -2.14. The Labute approximate surface area is 105 Å². The quantitative estimate of drug-likeness (QED) is 0.652. The summed E-state index contributed by atoms with van der Waals surface area (Å²) in [6.07, 6.45) is 1.88. The first-order chi connectivity index (χ1) is 7.97.